The molecule has 0 atom stereocenters. The van der Waals surface area contributed by atoms with Crippen LogP contribution in [0.5, 0.6) is 0 Å². The summed E-state index contributed by atoms with van der Waals surface area (Å²) in [5.74, 6) is 0. The summed E-state index contributed by atoms with van der Waals surface area (Å²) >= 11 is -3.08. The van der Waals surface area contributed by atoms with Gasteiger partial charge in [0.05, 0.1) is 0 Å². The van der Waals surface area contributed by atoms with Crippen LogP contribution in [0, 0.1) is 0 Å². The van der Waals surface area contributed by atoms with Crippen LogP contribution in [0.25, 0.3) is 0 Å². The fraction of sp³-hybridized carbons (Fsp3) is 1.00. The van der Waals surface area contributed by atoms with E-state index in [1.54, 1.807) is 0 Å². The molecule has 0 N–H and O–H groups in total. The average molecular weight is 439 g/mol. The van der Waals surface area contributed by atoms with Crippen LogP contribution in [0.2, 0.25) is 39.3 Å². The monoisotopic (exact) mass is 439 g/mol. The zero-order valence-electron chi connectivity index (χ0n) is 17.6. The van der Waals surface area contributed by atoms with Gasteiger partial charge in [-0.25, -0.2) is 0 Å². The van der Waals surface area contributed by atoms with Gasteiger partial charge in [0.25, 0.3) is 0 Å². The van der Waals surface area contributed by atoms with Crippen molar-refractivity contribution < 1.29 is 0 Å². The van der Waals surface area contributed by atoms with Gasteiger partial charge >= 0.3 is 155 Å². The molecule has 0 bridgehead atoms. The molecule has 7 heteroatoms. The van der Waals surface area contributed by atoms with Crippen molar-refractivity contribution in [1.29, 1.82) is 0 Å². The second-order valence-electron chi connectivity index (χ2n) is 10.9. The van der Waals surface area contributed by atoms with Gasteiger partial charge in [0.15, 0.2) is 0 Å². The molecule has 0 unspecified atom stereocenters. The molecule has 0 spiro atoms. The summed E-state index contributed by atoms with van der Waals surface area (Å²) in [5, 5.41) is 0. The Bertz CT molecular complexity index is 397. The van der Waals surface area contributed by atoms with Gasteiger partial charge in [-0.05, 0) is 0 Å². The number of nitrogens with zero attached hydrogens (tertiary/aromatic N) is 3. The zero-order valence-corrected chi connectivity index (χ0v) is 22.5. The first kappa shape index (κ1) is 22.2. The predicted molar refractivity (Wildman–Crippen MR) is 113 cm³/mol. The Balaban J connectivity index is 3.62. The summed E-state index contributed by atoms with van der Waals surface area (Å²) in [6, 6.07) is 0. The first-order chi connectivity index (χ1) is 9.84. The van der Waals surface area contributed by atoms with Gasteiger partial charge in [-0.3, -0.25) is 0 Å². The Morgan fingerprint density at radius 3 is 1.17 bits per heavy atom. The van der Waals surface area contributed by atoms with Crippen LogP contribution in [0.4, 0.5) is 0 Å². The number of rotatable bonds is 3. The van der Waals surface area contributed by atoms with Gasteiger partial charge < -0.3 is 0 Å². The van der Waals surface area contributed by atoms with Gasteiger partial charge in [0.1, 0.15) is 0 Å². The van der Waals surface area contributed by atoms with E-state index in [2.05, 4.69) is 91.7 Å². The van der Waals surface area contributed by atoms with E-state index in [0.717, 1.165) is 13.1 Å². The van der Waals surface area contributed by atoms with Gasteiger partial charge in [0.2, 0.25) is 0 Å². The standard InChI is InChI=1S/C16H40ClGeN3Si2/c1-15(2,3)19-13-14-20(16(4,5)6)18(19,17)21(22(7,8)9)23(10,11)12/h13-14H2,1-12H3. The van der Waals surface area contributed by atoms with E-state index < -0.39 is 29.5 Å². The molecule has 0 radical (unpaired) electrons. The Morgan fingerprint density at radius 2 is 1.00 bits per heavy atom. The van der Waals surface area contributed by atoms with Crippen LogP contribution in [0.15, 0.2) is 0 Å². The van der Waals surface area contributed by atoms with Crippen LogP contribution in [0.3, 0.4) is 0 Å². The van der Waals surface area contributed by atoms with Crippen molar-refractivity contribution in [2.45, 2.75) is 91.9 Å². The normalized spacial score (nSPS) is 22.2. The first-order valence-corrected chi connectivity index (χ1v) is 21.4. The predicted octanol–water partition coefficient (Wildman–Crippen LogP) is 4.85. The fourth-order valence-electron chi connectivity index (χ4n) is 4.26. The molecule has 0 aliphatic carbocycles. The molecule has 1 rings (SSSR count). The van der Waals surface area contributed by atoms with E-state index in [1.807, 2.05) is 0 Å². The molecule has 1 saturated heterocycles. The first-order valence-electron chi connectivity index (χ1n) is 8.89. The summed E-state index contributed by atoms with van der Waals surface area (Å²) in [6.07, 6.45) is 0. The maximum atomic E-state index is 7.84. The Hall–Kier alpha value is 1.15. The molecule has 0 amide bonds. The summed E-state index contributed by atoms with van der Waals surface area (Å²) in [5.41, 5.74) is 0.249. The molecule has 1 aliphatic rings. The van der Waals surface area contributed by atoms with Crippen molar-refractivity contribution in [2.24, 2.45) is 0 Å². The number of hydrogen-bond donors (Lipinski definition) is 0. The maximum absolute atomic E-state index is 7.84. The van der Waals surface area contributed by atoms with Gasteiger partial charge in [0, 0.05) is 0 Å². The van der Waals surface area contributed by atoms with Crippen LogP contribution in [0.1, 0.15) is 41.5 Å². The zero-order chi connectivity index (χ0) is 18.6. The second-order valence-corrected chi connectivity index (χ2v) is 30.9. The molecular formula is C16H40ClGeN3Si2. The Labute approximate surface area is 155 Å². The van der Waals surface area contributed by atoms with Crippen molar-refractivity contribution >= 4 is 39.5 Å². The van der Waals surface area contributed by atoms with E-state index >= 15 is 0 Å². The van der Waals surface area contributed by atoms with Crippen molar-refractivity contribution in [3.63, 3.8) is 0 Å². The van der Waals surface area contributed by atoms with Gasteiger partial charge in [-0.2, -0.15) is 0 Å². The second kappa shape index (κ2) is 6.39. The minimum atomic E-state index is -3.08. The molecule has 0 aromatic heterocycles. The molecule has 0 aromatic rings. The SMILES string of the molecule is CC(C)(C)[N]1CC[N](C(C)(C)C)[Ge]1([Cl])[N]([Si](C)(C)C)[Si](C)(C)C. The molecule has 138 valence electrons. The van der Waals surface area contributed by atoms with E-state index in [4.69, 9.17) is 10.0 Å². The van der Waals surface area contributed by atoms with Crippen LogP contribution >= 0.6 is 10.0 Å². The molecular weight excluding hydrogens is 398 g/mol. The van der Waals surface area contributed by atoms with Gasteiger partial charge in [-0.1, -0.05) is 0 Å². The molecule has 1 fully saturated rings. The molecule has 1 heterocycles. The van der Waals surface area contributed by atoms with Crippen LogP contribution < -0.4 is 0 Å². The van der Waals surface area contributed by atoms with Crippen molar-refractivity contribution in [2.75, 3.05) is 13.1 Å². The number of hydrogen-bond acceptors (Lipinski definition) is 3. The molecule has 0 saturated carbocycles. The van der Waals surface area contributed by atoms with Gasteiger partial charge in [-0.15, -0.1) is 0 Å². The third-order valence-electron chi connectivity index (χ3n) is 4.48. The fourth-order valence-corrected chi connectivity index (χ4v) is 45.5. The Kier molecular flexibility index (Phi) is 6.17. The average Bonchev–Trinajstić information content (AvgIpc) is 2.48. The van der Waals surface area contributed by atoms with Crippen molar-refractivity contribution in [3.8, 4) is 0 Å². The molecule has 3 nitrogen and oxygen atoms in total. The minimum absolute atomic E-state index is 0.124. The topological polar surface area (TPSA) is 9.72 Å². The van der Waals surface area contributed by atoms with E-state index in [0.29, 0.717) is 0 Å². The molecule has 1 aliphatic heterocycles. The van der Waals surface area contributed by atoms with Crippen molar-refractivity contribution in [1.82, 2.24) is 10.9 Å². The summed E-state index contributed by atoms with van der Waals surface area (Å²) in [4.78, 5) is 0. The van der Waals surface area contributed by atoms with E-state index in [9.17, 15) is 0 Å². The molecule has 0 aromatic carbocycles. The van der Waals surface area contributed by atoms with E-state index in [1.165, 1.54) is 0 Å². The molecule has 23 heavy (non-hydrogen) atoms. The third kappa shape index (κ3) is 4.47. The van der Waals surface area contributed by atoms with Crippen molar-refractivity contribution in [3.05, 3.63) is 0 Å². The van der Waals surface area contributed by atoms with Crippen LogP contribution in [-0.2, 0) is 0 Å². The summed E-state index contributed by atoms with van der Waals surface area (Å²) in [7, 11) is 4.77. The van der Waals surface area contributed by atoms with Crippen LogP contribution in [-0.4, -0.2) is 64.5 Å². The Morgan fingerprint density at radius 1 is 0.739 bits per heavy atom. The van der Waals surface area contributed by atoms with E-state index in [-0.39, 0.29) is 11.1 Å². The summed E-state index contributed by atoms with van der Waals surface area (Å²) in [6.45, 7) is 31.2. The number of halogens is 1. The third-order valence-corrected chi connectivity index (χ3v) is 35.2. The summed E-state index contributed by atoms with van der Waals surface area (Å²) < 4.78 is 8.39. The quantitative estimate of drug-likeness (QED) is 0.583.